The predicted molar refractivity (Wildman–Crippen MR) is 228 cm³/mol. The topological polar surface area (TPSA) is 159 Å². The Hall–Kier alpha value is -6.20. The van der Waals surface area contributed by atoms with Gasteiger partial charge < -0.3 is 19.7 Å². The first-order valence-electron chi connectivity index (χ1n) is 21.3. The van der Waals surface area contributed by atoms with Crippen LogP contribution >= 0.6 is 0 Å². The molecule has 62 heavy (non-hydrogen) atoms. The number of aryl methyl sites for hydroxylation is 2. The van der Waals surface area contributed by atoms with Crippen LogP contribution in [-0.4, -0.2) is 85.8 Å². The number of piperidine rings is 1. The number of fused-ring (bicyclic) bond motifs is 2. The van der Waals surface area contributed by atoms with E-state index >= 15 is 0 Å². The van der Waals surface area contributed by atoms with Gasteiger partial charge in [-0.25, -0.2) is 18.1 Å². The molecule has 2 saturated heterocycles. The van der Waals surface area contributed by atoms with Gasteiger partial charge in [-0.2, -0.15) is 10.2 Å². The fourth-order valence-electron chi connectivity index (χ4n) is 9.20. The number of ether oxygens (including phenoxy) is 2. The maximum absolute atomic E-state index is 14.2. The fraction of sp³-hybridized carbons (Fsp3) is 0.422. The highest BCUT2D eigenvalue weighted by atomic mass is 19.3. The molecule has 0 bridgehead atoms. The number of anilines is 2. The number of hydrogen-bond acceptors (Lipinski definition) is 9. The summed E-state index contributed by atoms with van der Waals surface area (Å²) in [5, 5.41) is 13.6. The zero-order valence-corrected chi connectivity index (χ0v) is 34.5. The highest BCUT2D eigenvalue weighted by Crippen LogP contribution is 2.36. The van der Waals surface area contributed by atoms with E-state index in [1.165, 1.54) is 17.0 Å². The molecular formula is C45H49F2N9O6. The van der Waals surface area contributed by atoms with Crippen LogP contribution in [-0.2, 0) is 32.5 Å². The van der Waals surface area contributed by atoms with Gasteiger partial charge in [0.2, 0.25) is 11.8 Å². The molecule has 1 atom stereocenters. The summed E-state index contributed by atoms with van der Waals surface area (Å²) in [6.45, 7) is 3.90. The first-order chi connectivity index (χ1) is 30.1. The van der Waals surface area contributed by atoms with E-state index in [0.29, 0.717) is 43.4 Å². The molecule has 4 aromatic heterocycles. The van der Waals surface area contributed by atoms with Crippen molar-refractivity contribution in [3.63, 3.8) is 0 Å². The molecule has 3 amide bonds. The van der Waals surface area contributed by atoms with Crippen LogP contribution in [0.5, 0.6) is 0 Å². The summed E-state index contributed by atoms with van der Waals surface area (Å²) in [5.74, 6) is -0.975. The third-order valence-corrected chi connectivity index (χ3v) is 12.5. The Kier molecular flexibility index (Phi) is 11.7. The lowest BCUT2D eigenvalue weighted by Gasteiger charge is -2.28. The van der Waals surface area contributed by atoms with Crippen molar-refractivity contribution in [2.45, 2.75) is 69.9 Å². The van der Waals surface area contributed by atoms with Crippen LogP contribution in [0.3, 0.4) is 0 Å². The third-order valence-electron chi connectivity index (χ3n) is 12.5. The number of pyridine rings is 1. The van der Waals surface area contributed by atoms with E-state index in [1.54, 1.807) is 27.0 Å². The van der Waals surface area contributed by atoms with Gasteiger partial charge in [0, 0.05) is 63.4 Å². The molecule has 6 heterocycles. The van der Waals surface area contributed by atoms with Crippen LogP contribution in [0.25, 0.3) is 27.7 Å². The number of hydrogen-bond donors (Lipinski definition) is 2. The summed E-state index contributed by atoms with van der Waals surface area (Å²) >= 11 is 0. The van der Waals surface area contributed by atoms with Gasteiger partial charge in [-0.1, -0.05) is 36.4 Å². The van der Waals surface area contributed by atoms with Crippen LogP contribution < -0.4 is 21.2 Å². The molecule has 9 rings (SSSR count). The largest absolute Gasteiger partial charge is 0.381 e. The van der Waals surface area contributed by atoms with Crippen molar-refractivity contribution in [1.82, 2.24) is 33.8 Å². The van der Waals surface area contributed by atoms with E-state index in [4.69, 9.17) is 9.47 Å². The molecule has 2 aliphatic heterocycles. The Labute approximate surface area is 355 Å². The van der Waals surface area contributed by atoms with Crippen molar-refractivity contribution in [2.24, 2.45) is 13.0 Å². The molecule has 6 aromatic rings. The number of amides is 3. The maximum atomic E-state index is 14.2. The summed E-state index contributed by atoms with van der Waals surface area (Å²) in [7, 11) is 1.70. The summed E-state index contributed by atoms with van der Waals surface area (Å²) in [5.41, 5.74) is 5.38. The van der Waals surface area contributed by atoms with Gasteiger partial charge in [-0.15, -0.1) is 0 Å². The van der Waals surface area contributed by atoms with Crippen LogP contribution in [0.2, 0.25) is 0 Å². The number of carbonyl (C=O) groups excluding carboxylic acids is 3. The Bertz CT molecular complexity index is 2690. The zero-order valence-electron chi connectivity index (χ0n) is 34.5. The molecule has 15 nitrogen and oxygen atoms in total. The average molecular weight is 850 g/mol. The van der Waals surface area contributed by atoms with Gasteiger partial charge in [-0.3, -0.25) is 33.5 Å². The van der Waals surface area contributed by atoms with Crippen LogP contribution in [0, 0.1) is 5.92 Å². The SMILES string of the molecule is Cn1c(=O)n(C2CCC(=O)NC2=O)c2cccc(-c3cccc(CCCOC[C@H]4CC[C@H](n5cc(NC(=O)c6cnn7ccc(N8CCOCC8)cc67)c(C(F)F)n5)CC4)c3)c21. The number of aromatic nitrogens is 6. The van der Waals surface area contributed by atoms with Crippen LogP contribution in [0.1, 0.15) is 85.1 Å². The Balaban J connectivity index is 0.771. The maximum Gasteiger partial charge on any atom is 0.329 e. The lowest BCUT2D eigenvalue weighted by Crippen LogP contribution is -2.44. The molecule has 1 saturated carbocycles. The average Bonchev–Trinajstić information content (AvgIpc) is 3.98. The smallest absolute Gasteiger partial charge is 0.329 e. The number of rotatable bonds is 13. The highest BCUT2D eigenvalue weighted by molar-refractivity contribution is 6.09. The first-order valence-corrected chi connectivity index (χ1v) is 21.3. The number of nitrogens with zero attached hydrogens (tertiary/aromatic N) is 7. The standard InChI is InChI=1S/C45H49F2N9O6/c1-52-41-33(8-3-9-36(41)56(45(52)60)37-14-15-39(57)50-44(37)59)30-7-2-5-28(23-30)6-4-20-62-27-29-10-12-31(13-11-29)55-26-35(40(51-55)42(46)47)49-43(58)34-25-48-54-17-16-32(24-38(34)54)53-18-21-61-22-19-53/h2-3,5,7-9,16-17,23-26,29,31,37,42H,4,6,10-15,18-22,27H2,1H3,(H,49,58)(H,50,57,59)/t29-,31-,37?. The minimum atomic E-state index is -2.86. The minimum absolute atomic E-state index is 0.00350. The quantitative estimate of drug-likeness (QED) is 0.101. The van der Waals surface area contributed by atoms with Gasteiger partial charge >= 0.3 is 5.69 Å². The highest BCUT2D eigenvalue weighted by Gasteiger charge is 2.32. The number of imidazole rings is 1. The number of carbonyl (C=O) groups is 3. The molecule has 3 fully saturated rings. The van der Waals surface area contributed by atoms with E-state index in [-0.39, 0.29) is 41.7 Å². The van der Waals surface area contributed by atoms with Gasteiger partial charge in [0.1, 0.15) is 6.04 Å². The number of halogens is 2. The number of nitrogens with one attached hydrogen (secondary N) is 2. The molecule has 2 N–H and O–H groups in total. The Morgan fingerprint density at radius 3 is 2.60 bits per heavy atom. The van der Waals surface area contributed by atoms with Crippen molar-refractivity contribution in [1.29, 1.82) is 0 Å². The predicted octanol–water partition coefficient (Wildman–Crippen LogP) is 6.24. The molecule has 0 radical (unpaired) electrons. The monoisotopic (exact) mass is 849 g/mol. The van der Waals surface area contributed by atoms with Crippen molar-refractivity contribution < 1.29 is 32.6 Å². The second-order valence-corrected chi connectivity index (χ2v) is 16.4. The van der Waals surface area contributed by atoms with Crippen molar-refractivity contribution >= 4 is 45.6 Å². The molecule has 3 aliphatic rings. The van der Waals surface area contributed by atoms with Crippen molar-refractivity contribution in [3.8, 4) is 11.1 Å². The molecule has 324 valence electrons. The van der Waals surface area contributed by atoms with Gasteiger partial charge in [-0.05, 0) is 80.2 Å². The molecular weight excluding hydrogens is 801 g/mol. The Morgan fingerprint density at radius 1 is 1.00 bits per heavy atom. The third kappa shape index (κ3) is 8.25. The number of para-hydroxylation sites is 1. The first kappa shape index (κ1) is 41.2. The fourth-order valence-corrected chi connectivity index (χ4v) is 9.20. The van der Waals surface area contributed by atoms with Gasteiger partial charge in [0.15, 0.2) is 5.69 Å². The van der Waals surface area contributed by atoms with E-state index in [2.05, 4.69) is 37.9 Å². The van der Waals surface area contributed by atoms with Crippen LogP contribution in [0.4, 0.5) is 20.2 Å². The summed E-state index contributed by atoms with van der Waals surface area (Å²) in [4.78, 5) is 53.6. The molecule has 1 unspecified atom stereocenters. The van der Waals surface area contributed by atoms with Gasteiger partial charge in [0.05, 0.1) is 53.3 Å². The summed E-state index contributed by atoms with van der Waals surface area (Å²) in [6.07, 6.45) is 7.21. The number of imide groups is 1. The number of morpholine rings is 1. The lowest BCUT2D eigenvalue weighted by atomic mass is 9.86. The van der Waals surface area contributed by atoms with Gasteiger partial charge in [0.25, 0.3) is 12.3 Å². The van der Waals surface area contributed by atoms with E-state index in [1.807, 2.05) is 42.5 Å². The summed E-state index contributed by atoms with van der Waals surface area (Å²) in [6, 6.07) is 16.9. The van der Waals surface area contributed by atoms with Crippen molar-refractivity contribution in [2.75, 3.05) is 49.7 Å². The summed E-state index contributed by atoms with van der Waals surface area (Å²) < 4.78 is 46.3. The van der Waals surface area contributed by atoms with Crippen LogP contribution in [0.15, 0.2) is 78.0 Å². The molecule has 17 heteroatoms. The second kappa shape index (κ2) is 17.6. The second-order valence-electron chi connectivity index (χ2n) is 16.4. The normalized spacial score (nSPS) is 19.7. The van der Waals surface area contributed by atoms with E-state index in [0.717, 1.165) is 79.5 Å². The van der Waals surface area contributed by atoms with E-state index in [9.17, 15) is 28.0 Å². The minimum Gasteiger partial charge on any atom is -0.381 e. The van der Waals surface area contributed by atoms with E-state index < -0.39 is 30.0 Å². The van der Waals surface area contributed by atoms with Crippen molar-refractivity contribution in [3.05, 3.63) is 100 Å². The number of alkyl halides is 2. The Morgan fingerprint density at radius 2 is 1.81 bits per heavy atom. The lowest BCUT2D eigenvalue weighted by molar-refractivity contribution is -0.135. The number of benzene rings is 2. The zero-order chi connectivity index (χ0) is 42.9. The molecule has 2 aromatic carbocycles. The molecule has 1 aliphatic carbocycles. The molecule has 0 spiro atoms.